The maximum atomic E-state index is 13.4. The number of thioether (sulfide) groups is 2. The average molecular weight is 890 g/mol. The Bertz CT molecular complexity index is 912. The molecule has 51 heavy (non-hydrogen) atoms. The predicted octanol–water partition coefficient (Wildman–Crippen LogP) is 7.81. The number of rotatable bonds is 15. The number of halogens is 22. The number of ether oxygens (including phenoxy) is 1. The first-order valence-electron chi connectivity index (χ1n) is 13.2. The summed E-state index contributed by atoms with van der Waals surface area (Å²) in [7, 11) is 0. The molecule has 0 amide bonds. The Morgan fingerprint density at radius 2 is 0.882 bits per heavy atom. The van der Waals surface area contributed by atoms with Crippen LogP contribution in [0.4, 0.5) is 92.2 Å². The van der Waals surface area contributed by atoms with Crippen molar-refractivity contribution in [2.24, 2.45) is 0 Å². The van der Waals surface area contributed by atoms with Crippen molar-refractivity contribution in [1.29, 1.82) is 0 Å². The standard InChI is InChI=1S/C15H18F14OS2.C5H5F7S.C3H5ClO.Na/c16-10(12(18,19)20,13(21,22)23)3-1-2-5-31-7-9(30)8-32-6-4-11(17,14(24,25)26)15(27,28)29;6-3(1-2-13,4(7,8)9)5(10,11)12;4-1-3-2-5-3;/h9,30H,1-8H2;13H,1-2H2;3H,1-2H2;/q;;;+1. The van der Waals surface area contributed by atoms with Crippen LogP contribution in [-0.4, -0.2) is 113 Å². The van der Waals surface area contributed by atoms with E-state index in [4.69, 9.17) is 16.3 Å². The van der Waals surface area contributed by atoms with Crippen LogP contribution in [0.25, 0.3) is 0 Å². The number of alkyl halides is 22. The summed E-state index contributed by atoms with van der Waals surface area (Å²) in [5.41, 5.74) is -15.9. The van der Waals surface area contributed by atoms with Crippen LogP contribution in [-0.2, 0) is 4.74 Å². The summed E-state index contributed by atoms with van der Waals surface area (Å²) < 4.78 is 262. The summed E-state index contributed by atoms with van der Waals surface area (Å²) >= 11 is 9.62. The molecule has 2 nitrogen and oxygen atoms in total. The van der Waals surface area contributed by atoms with Crippen LogP contribution in [0.1, 0.15) is 32.1 Å². The molecule has 0 radical (unpaired) electrons. The van der Waals surface area contributed by atoms with Crippen molar-refractivity contribution >= 4 is 47.8 Å². The van der Waals surface area contributed by atoms with Gasteiger partial charge in [0.2, 0.25) is 0 Å². The van der Waals surface area contributed by atoms with Crippen LogP contribution in [0.5, 0.6) is 0 Å². The fourth-order valence-electron chi connectivity index (χ4n) is 2.92. The third-order valence-corrected chi connectivity index (χ3v) is 8.88. The Kier molecular flexibility index (Phi) is 24.1. The van der Waals surface area contributed by atoms with Crippen molar-refractivity contribution in [1.82, 2.24) is 0 Å². The van der Waals surface area contributed by atoms with Gasteiger partial charge in [-0.05, 0) is 36.5 Å². The molecule has 1 aliphatic heterocycles. The van der Waals surface area contributed by atoms with Crippen LogP contribution in [0.2, 0.25) is 0 Å². The van der Waals surface area contributed by atoms with Crippen molar-refractivity contribution in [2.45, 2.75) is 98.4 Å². The summed E-state index contributed by atoms with van der Waals surface area (Å²) in [5.74, 6) is -1.80. The molecule has 1 heterocycles. The summed E-state index contributed by atoms with van der Waals surface area (Å²) in [6.45, 7) is 0.878. The quantitative estimate of drug-likeness (QED) is 0.0440. The topological polar surface area (TPSA) is 32.8 Å². The predicted molar refractivity (Wildman–Crippen MR) is 146 cm³/mol. The molecule has 0 aromatic rings. The van der Waals surface area contributed by atoms with Gasteiger partial charge in [0.25, 0.3) is 17.0 Å². The van der Waals surface area contributed by atoms with Gasteiger partial charge in [-0.25, -0.2) is 13.2 Å². The zero-order valence-electron chi connectivity index (χ0n) is 25.6. The monoisotopic (exact) mass is 889 g/mol. The molecular weight excluding hydrogens is 862 g/mol. The second-order valence-corrected chi connectivity index (χ2v) is 13.0. The van der Waals surface area contributed by atoms with Gasteiger partial charge < -0.3 is 9.84 Å². The zero-order chi connectivity index (χ0) is 40.3. The maximum Gasteiger partial charge on any atom is 1.00 e. The third-order valence-electron chi connectivity index (χ3n) is 6.00. The molecule has 1 aliphatic rings. The Morgan fingerprint density at radius 3 is 1.14 bits per heavy atom. The van der Waals surface area contributed by atoms with Gasteiger partial charge in [0.05, 0.1) is 24.7 Å². The zero-order valence-corrected chi connectivity index (χ0v) is 30.9. The van der Waals surface area contributed by atoms with Crippen molar-refractivity contribution in [3.63, 3.8) is 0 Å². The number of hydrogen-bond donors (Lipinski definition) is 2. The van der Waals surface area contributed by atoms with E-state index in [2.05, 4.69) is 12.6 Å². The van der Waals surface area contributed by atoms with Crippen LogP contribution < -0.4 is 29.6 Å². The fourth-order valence-corrected chi connectivity index (χ4v) is 5.50. The Balaban J connectivity index is -0.000000987. The second-order valence-electron chi connectivity index (χ2n) is 9.98. The molecule has 2 unspecified atom stereocenters. The van der Waals surface area contributed by atoms with Crippen molar-refractivity contribution in [3.05, 3.63) is 0 Å². The van der Waals surface area contributed by atoms with E-state index < -0.39 is 103 Å². The smallest absolute Gasteiger partial charge is 0.391 e. The Labute approximate surface area is 317 Å². The van der Waals surface area contributed by atoms with E-state index in [1.54, 1.807) is 0 Å². The van der Waals surface area contributed by atoms with Gasteiger partial charge in [-0.2, -0.15) is 115 Å². The van der Waals surface area contributed by atoms with E-state index in [0.29, 0.717) is 23.7 Å². The molecule has 1 saturated heterocycles. The molecule has 1 N–H and O–H groups in total. The van der Waals surface area contributed by atoms with Gasteiger partial charge in [0.1, 0.15) is 0 Å². The molecule has 1 fully saturated rings. The van der Waals surface area contributed by atoms with Crippen molar-refractivity contribution < 1.29 is 132 Å². The van der Waals surface area contributed by atoms with E-state index in [-0.39, 0.29) is 47.5 Å². The van der Waals surface area contributed by atoms with Crippen LogP contribution in [0.3, 0.4) is 0 Å². The van der Waals surface area contributed by atoms with Gasteiger partial charge in [0.15, 0.2) is 0 Å². The number of thiol groups is 1. The molecule has 304 valence electrons. The SMILES string of the molecule is ClCC1CO1.FC(F)(F)C(F)(CCS)C(F)(F)F.OC(CSCCCCC(F)(C(F)(F)F)C(F)(F)F)CSCCC(F)(C(F)(F)F)C(F)(F)F.[Na+]. The van der Waals surface area contributed by atoms with Crippen molar-refractivity contribution in [3.8, 4) is 0 Å². The molecule has 1 rings (SSSR count). The first-order chi connectivity index (χ1) is 22.1. The number of epoxide rings is 1. The van der Waals surface area contributed by atoms with E-state index in [9.17, 15) is 97.3 Å². The first-order valence-corrected chi connectivity index (χ1v) is 16.7. The van der Waals surface area contributed by atoms with Gasteiger partial charge in [0, 0.05) is 24.3 Å². The van der Waals surface area contributed by atoms with Crippen LogP contribution in [0, 0.1) is 0 Å². The van der Waals surface area contributed by atoms with Crippen LogP contribution >= 0.6 is 47.8 Å². The maximum absolute atomic E-state index is 13.4. The number of hydrogen-bond acceptors (Lipinski definition) is 5. The minimum Gasteiger partial charge on any atom is -0.391 e. The fraction of sp³-hybridized carbons (Fsp3) is 1.00. The first kappa shape index (κ1) is 56.1. The summed E-state index contributed by atoms with van der Waals surface area (Å²) in [6, 6.07) is 0. The largest absolute Gasteiger partial charge is 1.00 e. The van der Waals surface area contributed by atoms with Gasteiger partial charge in [-0.3, -0.25) is 0 Å². The molecular formula is C23H28ClF21NaO2S3+. The summed E-state index contributed by atoms with van der Waals surface area (Å²) in [6.07, 6.45) is -44.1. The molecule has 0 spiro atoms. The Morgan fingerprint density at radius 1 is 0.569 bits per heavy atom. The summed E-state index contributed by atoms with van der Waals surface area (Å²) in [5, 5.41) is 9.56. The van der Waals surface area contributed by atoms with E-state index in [1.165, 1.54) is 0 Å². The minimum atomic E-state index is -6.18. The van der Waals surface area contributed by atoms with Gasteiger partial charge >= 0.3 is 66.6 Å². The number of aliphatic hydroxyl groups is 1. The molecule has 0 aromatic heterocycles. The van der Waals surface area contributed by atoms with Crippen molar-refractivity contribution in [2.75, 3.05) is 41.3 Å². The molecule has 0 saturated carbocycles. The van der Waals surface area contributed by atoms with Crippen LogP contribution in [0.15, 0.2) is 0 Å². The summed E-state index contributed by atoms with van der Waals surface area (Å²) in [4.78, 5) is 0. The number of aliphatic hydroxyl groups excluding tert-OH is 1. The average Bonchev–Trinajstić information content (AvgIpc) is 3.75. The van der Waals surface area contributed by atoms with E-state index in [0.717, 1.165) is 18.4 Å². The Hall–Kier alpha value is 0.790. The minimum absolute atomic E-state index is 0. The van der Waals surface area contributed by atoms with E-state index >= 15 is 0 Å². The molecule has 0 bridgehead atoms. The molecule has 2 atom stereocenters. The van der Waals surface area contributed by atoms with Gasteiger partial charge in [-0.1, -0.05) is 0 Å². The molecule has 0 aliphatic carbocycles. The second kappa shape index (κ2) is 21.9. The van der Waals surface area contributed by atoms with E-state index in [1.807, 2.05) is 0 Å². The normalized spacial score (nSPS) is 17.1. The molecule has 28 heteroatoms. The van der Waals surface area contributed by atoms with Gasteiger partial charge in [-0.15, -0.1) is 11.6 Å². The number of unbranched alkanes of at least 4 members (excludes halogenated alkanes) is 1. The third kappa shape index (κ3) is 18.1. The molecule has 0 aromatic carbocycles.